The number of carbonyl (C=O) groups is 2. The van der Waals surface area contributed by atoms with Crippen LogP contribution in [0.15, 0.2) is 24.3 Å². The largest absolute Gasteiger partial charge is 0.469 e. The van der Waals surface area contributed by atoms with E-state index in [2.05, 4.69) is 11.0 Å². The first kappa shape index (κ1) is 24.2. The summed E-state index contributed by atoms with van der Waals surface area (Å²) < 4.78 is 19.7. The first-order valence-electron chi connectivity index (χ1n) is 12.8. The van der Waals surface area contributed by atoms with Crippen molar-refractivity contribution in [2.75, 3.05) is 39.8 Å². The lowest BCUT2D eigenvalue weighted by atomic mass is 9.56. The van der Waals surface area contributed by atoms with Gasteiger partial charge in [-0.1, -0.05) is 25.5 Å². The molecule has 1 amide bonds. The molecule has 1 aromatic carbocycles. The number of hydrogen-bond acceptors (Lipinski definition) is 4. The highest BCUT2D eigenvalue weighted by Crippen LogP contribution is 2.54. The van der Waals surface area contributed by atoms with Crippen LogP contribution in [0.4, 0.5) is 4.39 Å². The van der Waals surface area contributed by atoms with E-state index in [0.29, 0.717) is 24.7 Å². The lowest BCUT2D eigenvalue weighted by Gasteiger charge is -2.53. The Morgan fingerprint density at radius 3 is 2.45 bits per heavy atom. The lowest BCUT2D eigenvalue weighted by Crippen LogP contribution is -2.57. The van der Waals surface area contributed by atoms with E-state index in [4.69, 9.17) is 4.74 Å². The number of halogens is 1. The number of amides is 1. The lowest BCUT2D eigenvalue weighted by molar-refractivity contribution is -0.142. The van der Waals surface area contributed by atoms with Crippen LogP contribution in [0.3, 0.4) is 0 Å². The van der Waals surface area contributed by atoms with E-state index in [1.165, 1.54) is 19.6 Å². The fraction of sp³-hybridized carbons (Fsp3) is 0.704. The number of likely N-dealkylation sites (tertiary alicyclic amines) is 2. The minimum atomic E-state index is -0.223. The predicted octanol–water partition coefficient (Wildman–Crippen LogP) is 4.40. The minimum Gasteiger partial charge on any atom is -0.469 e. The van der Waals surface area contributed by atoms with Gasteiger partial charge in [0, 0.05) is 37.9 Å². The maximum absolute atomic E-state index is 14.6. The summed E-state index contributed by atoms with van der Waals surface area (Å²) >= 11 is 0. The summed E-state index contributed by atoms with van der Waals surface area (Å²) in [5.74, 6) is 0.782. The monoisotopic (exact) mass is 458 g/mol. The normalized spacial score (nSPS) is 26.0. The molecular formula is C27H39FN2O3. The average molecular weight is 459 g/mol. The maximum atomic E-state index is 14.6. The van der Waals surface area contributed by atoms with Crippen molar-refractivity contribution in [3.63, 3.8) is 0 Å². The van der Waals surface area contributed by atoms with Crippen LogP contribution in [0.25, 0.3) is 0 Å². The van der Waals surface area contributed by atoms with Crippen LogP contribution in [-0.2, 0) is 19.7 Å². The van der Waals surface area contributed by atoms with Crippen molar-refractivity contribution in [2.24, 2.45) is 17.8 Å². The van der Waals surface area contributed by atoms with Gasteiger partial charge in [0.1, 0.15) is 5.82 Å². The van der Waals surface area contributed by atoms with Crippen molar-refractivity contribution in [3.8, 4) is 0 Å². The number of esters is 1. The Morgan fingerprint density at radius 1 is 1.09 bits per heavy atom. The highest BCUT2D eigenvalue weighted by atomic mass is 19.1. The van der Waals surface area contributed by atoms with Gasteiger partial charge in [0.15, 0.2) is 0 Å². The van der Waals surface area contributed by atoms with Gasteiger partial charge in [0.2, 0.25) is 5.91 Å². The molecule has 1 aromatic rings. The van der Waals surface area contributed by atoms with Crippen molar-refractivity contribution in [2.45, 2.75) is 63.7 Å². The number of nitrogens with zero attached hydrogens (tertiary/aromatic N) is 2. The molecular weight excluding hydrogens is 419 g/mol. The average Bonchev–Trinajstić information content (AvgIpc) is 3.26. The van der Waals surface area contributed by atoms with E-state index in [9.17, 15) is 14.0 Å². The zero-order valence-corrected chi connectivity index (χ0v) is 20.2. The second-order valence-corrected chi connectivity index (χ2v) is 10.3. The molecule has 3 fully saturated rings. The Balaban J connectivity index is 1.73. The predicted molar refractivity (Wildman–Crippen MR) is 126 cm³/mol. The van der Waals surface area contributed by atoms with Crippen LogP contribution in [0.2, 0.25) is 0 Å². The van der Waals surface area contributed by atoms with Gasteiger partial charge in [0.25, 0.3) is 0 Å². The van der Waals surface area contributed by atoms with E-state index in [-0.39, 0.29) is 29.0 Å². The zero-order valence-electron chi connectivity index (χ0n) is 20.2. The molecule has 2 aliphatic heterocycles. The van der Waals surface area contributed by atoms with Gasteiger partial charge < -0.3 is 14.5 Å². The van der Waals surface area contributed by atoms with Gasteiger partial charge in [0.05, 0.1) is 7.11 Å². The number of benzene rings is 1. The van der Waals surface area contributed by atoms with Gasteiger partial charge in [-0.25, -0.2) is 4.39 Å². The van der Waals surface area contributed by atoms with Crippen LogP contribution >= 0.6 is 0 Å². The summed E-state index contributed by atoms with van der Waals surface area (Å²) in [7, 11) is 1.46. The minimum absolute atomic E-state index is 0.146. The molecule has 3 aliphatic rings. The van der Waals surface area contributed by atoms with Gasteiger partial charge >= 0.3 is 5.97 Å². The molecule has 0 spiro atoms. The Morgan fingerprint density at radius 2 is 1.85 bits per heavy atom. The van der Waals surface area contributed by atoms with Gasteiger partial charge in [-0.2, -0.15) is 0 Å². The Hall–Kier alpha value is -1.95. The molecule has 33 heavy (non-hydrogen) atoms. The molecule has 1 saturated carbocycles. The second kappa shape index (κ2) is 10.5. The summed E-state index contributed by atoms with van der Waals surface area (Å²) in [6.07, 6.45) is 7.21. The summed E-state index contributed by atoms with van der Waals surface area (Å²) in [6.45, 7) is 6.53. The number of carbonyl (C=O) groups excluding carboxylic acids is 2. The van der Waals surface area contributed by atoms with Crippen molar-refractivity contribution < 1.29 is 18.7 Å². The number of hydrogen-bond donors (Lipinski definition) is 0. The first-order chi connectivity index (χ1) is 16.0. The molecule has 5 nitrogen and oxygen atoms in total. The summed E-state index contributed by atoms with van der Waals surface area (Å²) in [5, 5.41) is 0. The third-order valence-electron chi connectivity index (χ3n) is 8.65. The molecule has 2 heterocycles. The van der Waals surface area contributed by atoms with Crippen LogP contribution in [0.5, 0.6) is 0 Å². The molecule has 4 rings (SSSR count). The highest BCUT2D eigenvalue weighted by molar-refractivity contribution is 5.75. The number of rotatable bonds is 8. The molecule has 0 bridgehead atoms. The van der Waals surface area contributed by atoms with E-state index in [1.807, 2.05) is 17.9 Å². The molecule has 1 aliphatic carbocycles. The fourth-order valence-electron chi connectivity index (χ4n) is 6.90. The van der Waals surface area contributed by atoms with Crippen molar-refractivity contribution in [3.05, 3.63) is 35.6 Å². The van der Waals surface area contributed by atoms with E-state index in [1.54, 1.807) is 6.07 Å². The van der Waals surface area contributed by atoms with Crippen LogP contribution in [-0.4, -0.2) is 61.5 Å². The molecule has 0 aromatic heterocycles. The topological polar surface area (TPSA) is 49.9 Å². The van der Waals surface area contributed by atoms with Gasteiger partial charge in [-0.05, 0) is 80.6 Å². The van der Waals surface area contributed by atoms with Crippen LogP contribution < -0.4 is 0 Å². The highest BCUT2D eigenvalue weighted by Gasteiger charge is 2.53. The third-order valence-corrected chi connectivity index (χ3v) is 8.65. The Kier molecular flexibility index (Phi) is 7.72. The van der Waals surface area contributed by atoms with E-state index in [0.717, 1.165) is 70.4 Å². The molecule has 6 heteroatoms. The van der Waals surface area contributed by atoms with Gasteiger partial charge in [-0.3, -0.25) is 9.59 Å². The molecule has 0 radical (unpaired) electrons. The van der Waals surface area contributed by atoms with Crippen LogP contribution in [0, 0.1) is 23.6 Å². The standard InChI is InChI=1S/C27H39FN2O3/c1-3-25(31)30-15-11-21(12-16-30)27(19-29-13-6-14-29,22-8-5-9-23(28)18-22)24-10-4-7-20(24)17-26(32)33-2/h5,8-9,18,20-21,24H,3-4,6-7,10-17,19H2,1-2H3/t20-,24+,27+/m1/s1. The summed E-state index contributed by atoms with van der Waals surface area (Å²) in [4.78, 5) is 29.2. The third kappa shape index (κ3) is 4.96. The van der Waals surface area contributed by atoms with Crippen LogP contribution in [0.1, 0.15) is 63.9 Å². The summed E-state index contributed by atoms with van der Waals surface area (Å²) in [5.41, 5.74) is 0.857. The SMILES string of the molecule is CCC(=O)N1CCC([C@@](CN2CCC2)(c2cccc(F)c2)[C@H]2CCC[C@@H]2CC(=O)OC)CC1. The smallest absolute Gasteiger partial charge is 0.305 e. The molecule has 0 N–H and O–H groups in total. The van der Waals surface area contributed by atoms with Crippen molar-refractivity contribution in [1.29, 1.82) is 0 Å². The van der Waals surface area contributed by atoms with E-state index < -0.39 is 0 Å². The molecule has 2 saturated heterocycles. The second-order valence-electron chi connectivity index (χ2n) is 10.3. The number of piperidine rings is 1. The number of ether oxygens (including phenoxy) is 1. The number of methoxy groups -OCH3 is 1. The fourth-order valence-corrected chi connectivity index (χ4v) is 6.90. The molecule has 0 unspecified atom stereocenters. The quantitative estimate of drug-likeness (QED) is 0.542. The summed E-state index contributed by atoms with van der Waals surface area (Å²) in [6, 6.07) is 7.23. The van der Waals surface area contributed by atoms with E-state index >= 15 is 0 Å². The maximum Gasteiger partial charge on any atom is 0.305 e. The van der Waals surface area contributed by atoms with Gasteiger partial charge in [-0.15, -0.1) is 0 Å². The Labute approximate surface area is 197 Å². The molecule has 182 valence electrons. The first-order valence-corrected chi connectivity index (χ1v) is 12.8. The Bertz CT molecular complexity index is 834. The van der Waals surface area contributed by atoms with Crippen molar-refractivity contribution >= 4 is 11.9 Å². The molecule has 3 atom stereocenters. The van der Waals surface area contributed by atoms with Crippen molar-refractivity contribution in [1.82, 2.24) is 9.80 Å². The zero-order chi connectivity index (χ0) is 23.4.